The molecule has 1 N–H and O–H groups in total. The Balaban J connectivity index is 2.55. The van der Waals surface area contributed by atoms with Crippen LogP contribution >= 0.6 is 0 Å². The molecule has 0 aromatic heterocycles. The van der Waals surface area contributed by atoms with Gasteiger partial charge in [-0.1, -0.05) is 0 Å². The highest BCUT2D eigenvalue weighted by molar-refractivity contribution is 4.70. The van der Waals surface area contributed by atoms with Crippen molar-refractivity contribution < 1.29 is 18.3 Å². The molecule has 1 aliphatic heterocycles. The molecule has 0 aromatic rings. The van der Waals surface area contributed by atoms with Crippen LogP contribution in [0.5, 0.6) is 0 Å². The van der Waals surface area contributed by atoms with E-state index in [9.17, 15) is 13.2 Å². The molecule has 1 atom stereocenters. The topological polar surface area (TPSA) is 23.5 Å². The summed E-state index contributed by atoms with van der Waals surface area (Å²) in [5, 5.41) is 8.91. The molecule has 2 nitrogen and oxygen atoms in total. The van der Waals surface area contributed by atoms with Crippen molar-refractivity contribution in [1.82, 2.24) is 4.90 Å². The second-order valence-electron chi connectivity index (χ2n) is 2.64. The van der Waals surface area contributed by atoms with Crippen LogP contribution in [-0.2, 0) is 0 Å². The summed E-state index contributed by atoms with van der Waals surface area (Å²) in [6.07, 6.45) is -4.30. The average Bonchev–Trinajstić information content (AvgIpc) is 1.86. The summed E-state index contributed by atoms with van der Waals surface area (Å²) in [7, 11) is 0. The van der Waals surface area contributed by atoms with Gasteiger partial charge in [-0.05, 0) is 19.3 Å². The van der Waals surface area contributed by atoms with E-state index in [1.807, 2.05) is 0 Å². The molecule has 11 heavy (non-hydrogen) atoms. The van der Waals surface area contributed by atoms with E-state index < -0.39 is 12.5 Å². The van der Waals surface area contributed by atoms with Gasteiger partial charge in [-0.2, -0.15) is 18.1 Å². The van der Waals surface area contributed by atoms with Gasteiger partial charge in [-0.15, -0.1) is 0 Å². The standard InChI is InChI=1S/C6H10F3NO/c7-6(8,9)10-4-2-1-3-5(10)11/h5,11H,1-4H2. The maximum Gasteiger partial charge on any atom is 0.462 e. The third-order valence-electron chi connectivity index (χ3n) is 1.80. The van der Waals surface area contributed by atoms with Gasteiger partial charge in [0.15, 0.2) is 0 Å². The zero-order valence-electron chi connectivity index (χ0n) is 5.93. The Morgan fingerprint density at radius 2 is 1.91 bits per heavy atom. The fraction of sp³-hybridized carbons (Fsp3) is 1.00. The number of aliphatic hydroxyl groups is 1. The third kappa shape index (κ3) is 2.07. The van der Waals surface area contributed by atoms with E-state index in [-0.39, 0.29) is 17.9 Å². The van der Waals surface area contributed by atoms with Gasteiger partial charge < -0.3 is 5.11 Å². The van der Waals surface area contributed by atoms with Gasteiger partial charge in [0.2, 0.25) is 0 Å². The van der Waals surface area contributed by atoms with Crippen LogP contribution in [0.2, 0.25) is 0 Å². The van der Waals surface area contributed by atoms with Crippen molar-refractivity contribution in [2.24, 2.45) is 0 Å². The first-order chi connectivity index (χ1) is 5.02. The van der Waals surface area contributed by atoms with Gasteiger partial charge in [0.05, 0.1) is 0 Å². The van der Waals surface area contributed by atoms with Gasteiger partial charge in [0.1, 0.15) is 6.23 Å². The molecule has 0 spiro atoms. The zero-order valence-corrected chi connectivity index (χ0v) is 5.93. The normalized spacial score (nSPS) is 28.9. The highest BCUT2D eigenvalue weighted by atomic mass is 19.4. The molecule has 5 heteroatoms. The van der Waals surface area contributed by atoms with Crippen LogP contribution in [0.1, 0.15) is 19.3 Å². The van der Waals surface area contributed by atoms with Gasteiger partial charge >= 0.3 is 6.30 Å². The molecule has 66 valence electrons. The van der Waals surface area contributed by atoms with Gasteiger partial charge in [-0.25, -0.2) is 0 Å². The van der Waals surface area contributed by atoms with Crippen molar-refractivity contribution in [2.75, 3.05) is 6.54 Å². The maximum atomic E-state index is 12.0. The summed E-state index contributed by atoms with van der Waals surface area (Å²) >= 11 is 0. The second-order valence-corrected chi connectivity index (χ2v) is 2.64. The monoisotopic (exact) mass is 169 g/mol. The van der Waals surface area contributed by atoms with Crippen LogP contribution in [0, 0.1) is 0 Å². The molecule has 1 fully saturated rings. The predicted octanol–water partition coefficient (Wildman–Crippen LogP) is 1.31. The van der Waals surface area contributed by atoms with Crippen molar-refractivity contribution in [3.05, 3.63) is 0 Å². The highest BCUT2D eigenvalue weighted by Crippen LogP contribution is 2.28. The minimum Gasteiger partial charge on any atom is -0.378 e. The quantitative estimate of drug-likeness (QED) is 0.552. The molecule has 0 radical (unpaired) electrons. The van der Waals surface area contributed by atoms with E-state index in [1.165, 1.54) is 0 Å². The van der Waals surface area contributed by atoms with E-state index in [2.05, 4.69) is 0 Å². The van der Waals surface area contributed by atoms with Crippen LogP contribution in [0.15, 0.2) is 0 Å². The summed E-state index contributed by atoms with van der Waals surface area (Å²) in [5.74, 6) is 0. The summed E-state index contributed by atoms with van der Waals surface area (Å²) in [5.41, 5.74) is 0. The number of likely N-dealkylation sites (tertiary alicyclic amines) is 1. The molecule has 1 aliphatic rings. The van der Waals surface area contributed by atoms with Gasteiger partial charge in [0.25, 0.3) is 0 Å². The molecule has 1 saturated heterocycles. The number of hydrogen-bond acceptors (Lipinski definition) is 2. The smallest absolute Gasteiger partial charge is 0.378 e. The van der Waals surface area contributed by atoms with Gasteiger partial charge in [-0.3, -0.25) is 0 Å². The average molecular weight is 169 g/mol. The van der Waals surface area contributed by atoms with Crippen molar-refractivity contribution in [2.45, 2.75) is 31.8 Å². The maximum absolute atomic E-state index is 12.0. The largest absolute Gasteiger partial charge is 0.462 e. The number of halogens is 3. The van der Waals surface area contributed by atoms with Crippen LogP contribution in [0.3, 0.4) is 0 Å². The lowest BCUT2D eigenvalue weighted by atomic mass is 10.1. The Morgan fingerprint density at radius 3 is 2.27 bits per heavy atom. The highest BCUT2D eigenvalue weighted by Gasteiger charge is 2.42. The number of nitrogens with zero attached hydrogens (tertiary/aromatic N) is 1. The second kappa shape index (κ2) is 2.98. The molecular formula is C6H10F3NO. The summed E-state index contributed by atoms with van der Waals surface area (Å²) in [4.78, 5) is 0.177. The fourth-order valence-electron chi connectivity index (χ4n) is 1.21. The summed E-state index contributed by atoms with van der Waals surface area (Å²) in [6.45, 7) is -0.0787. The van der Waals surface area contributed by atoms with E-state index in [1.54, 1.807) is 0 Å². The number of alkyl halides is 3. The molecule has 1 rings (SSSR count). The number of hydrogen-bond donors (Lipinski definition) is 1. The van der Waals surface area contributed by atoms with E-state index in [0.29, 0.717) is 12.8 Å². The van der Waals surface area contributed by atoms with E-state index in [0.717, 1.165) is 0 Å². The Hall–Kier alpha value is -0.290. The zero-order chi connectivity index (χ0) is 8.48. The first kappa shape index (κ1) is 8.80. The summed E-state index contributed by atoms with van der Waals surface area (Å²) in [6, 6.07) is 0. The molecule has 0 aromatic carbocycles. The molecular weight excluding hydrogens is 159 g/mol. The Kier molecular flexibility index (Phi) is 2.39. The number of piperidine rings is 1. The predicted molar refractivity (Wildman–Crippen MR) is 32.6 cm³/mol. The van der Waals surface area contributed by atoms with E-state index in [4.69, 9.17) is 5.11 Å². The van der Waals surface area contributed by atoms with E-state index >= 15 is 0 Å². The first-order valence-corrected chi connectivity index (χ1v) is 3.53. The Labute approximate surface area is 62.6 Å². The molecule has 0 bridgehead atoms. The van der Waals surface area contributed by atoms with Crippen LogP contribution in [0.25, 0.3) is 0 Å². The SMILES string of the molecule is OC1CCCCN1C(F)(F)F. The summed E-state index contributed by atoms with van der Waals surface area (Å²) < 4.78 is 35.9. The Bertz CT molecular complexity index is 136. The lowest BCUT2D eigenvalue weighted by Gasteiger charge is -2.32. The van der Waals surface area contributed by atoms with Gasteiger partial charge in [0, 0.05) is 6.54 Å². The van der Waals surface area contributed by atoms with Crippen LogP contribution < -0.4 is 0 Å². The van der Waals surface area contributed by atoms with Crippen LogP contribution in [-0.4, -0.2) is 29.1 Å². The molecule has 0 saturated carbocycles. The van der Waals surface area contributed by atoms with Crippen molar-refractivity contribution in [3.63, 3.8) is 0 Å². The lowest BCUT2D eigenvalue weighted by molar-refractivity contribution is -0.290. The van der Waals surface area contributed by atoms with Crippen molar-refractivity contribution in [3.8, 4) is 0 Å². The minimum absolute atomic E-state index is 0.0787. The number of rotatable bonds is 0. The third-order valence-corrected chi connectivity index (χ3v) is 1.80. The van der Waals surface area contributed by atoms with Crippen molar-refractivity contribution >= 4 is 0 Å². The molecule has 0 aliphatic carbocycles. The Morgan fingerprint density at radius 1 is 1.27 bits per heavy atom. The minimum atomic E-state index is -4.38. The fourth-order valence-corrected chi connectivity index (χ4v) is 1.21. The van der Waals surface area contributed by atoms with Crippen LogP contribution in [0.4, 0.5) is 13.2 Å². The molecule has 0 amide bonds. The molecule has 1 unspecified atom stereocenters. The van der Waals surface area contributed by atoms with Crippen molar-refractivity contribution in [1.29, 1.82) is 0 Å². The lowest BCUT2D eigenvalue weighted by Crippen LogP contribution is -2.48. The molecule has 1 heterocycles. The first-order valence-electron chi connectivity index (χ1n) is 3.53. The number of aliphatic hydroxyl groups excluding tert-OH is 1.